The molecule has 1 saturated heterocycles. The second-order valence-electron chi connectivity index (χ2n) is 8.14. The molecule has 1 fully saturated rings. The van der Waals surface area contributed by atoms with Gasteiger partial charge in [0, 0.05) is 26.7 Å². The number of aromatic nitrogens is 4. The molecule has 1 amide bonds. The van der Waals surface area contributed by atoms with Crippen molar-refractivity contribution < 1.29 is 9.53 Å². The first-order chi connectivity index (χ1) is 15.6. The van der Waals surface area contributed by atoms with Crippen LogP contribution < -0.4 is 11.2 Å². The Kier molecular flexibility index (Phi) is 6.84. The Morgan fingerprint density at radius 2 is 1.75 bits per heavy atom. The normalized spacial score (nSPS) is 14.6. The van der Waals surface area contributed by atoms with Crippen LogP contribution in [0.15, 0.2) is 46.2 Å². The molecule has 3 aromatic rings. The highest BCUT2D eigenvalue weighted by Crippen LogP contribution is 2.12. The van der Waals surface area contributed by atoms with Crippen molar-refractivity contribution in [1.82, 2.24) is 23.6 Å². The Morgan fingerprint density at radius 1 is 1.03 bits per heavy atom. The number of hydrogen-bond donors (Lipinski definition) is 0. The van der Waals surface area contributed by atoms with Crippen LogP contribution in [-0.4, -0.2) is 56.3 Å². The van der Waals surface area contributed by atoms with E-state index in [1.54, 1.807) is 22.9 Å². The topological polar surface area (TPSA) is 91.4 Å². The van der Waals surface area contributed by atoms with Gasteiger partial charge in [0.05, 0.1) is 19.5 Å². The van der Waals surface area contributed by atoms with Crippen molar-refractivity contribution in [2.75, 3.05) is 26.8 Å². The number of ether oxygens (including phenoxy) is 1. The zero-order valence-electron chi connectivity index (χ0n) is 18.4. The molecular weight excluding hydrogens is 410 g/mol. The van der Waals surface area contributed by atoms with Gasteiger partial charge in [-0.3, -0.25) is 14.2 Å². The molecule has 170 valence electrons. The Morgan fingerprint density at radius 3 is 2.44 bits per heavy atom. The number of benzene rings is 1. The van der Waals surface area contributed by atoms with Crippen molar-refractivity contribution in [3.63, 3.8) is 0 Å². The lowest BCUT2D eigenvalue weighted by atomic mass is 10.2. The average Bonchev–Trinajstić information content (AvgIpc) is 3.03. The van der Waals surface area contributed by atoms with Crippen LogP contribution in [-0.2, 0) is 29.2 Å². The van der Waals surface area contributed by atoms with Crippen molar-refractivity contribution in [2.45, 2.75) is 45.3 Å². The molecule has 0 bridgehead atoms. The van der Waals surface area contributed by atoms with Gasteiger partial charge in [-0.1, -0.05) is 43.2 Å². The van der Waals surface area contributed by atoms with E-state index >= 15 is 0 Å². The summed E-state index contributed by atoms with van der Waals surface area (Å²) in [7, 11) is 1.59. The lowest BCUT2D eigenvalue weighted by molar-refractivity contribution is -0.131. The molecule has 0 radical (unpaired) electrons. The van der Waals surface area contributed by atoms with Crippen LogP contribution in [0.3, 0.4) is 0 Å². The zero-order chi connectivity index (χ0) is 22.5. The third kappa shape index (κ3) is 4.52. The SMILES string of the molecule is COCCn1cnc2c1c(=O)n(CC(=O)N1CCCCCC1)c(=O)n2Cc1ccccc1. The van der Waals surface area contributed by atoms with Gasteiger partial charge in [0.25, 0.3) is 5.56 Å². The molecule has 9 nitrogen and oxygen atoms in total. The van der Waals surface area contributed by atoms with E-state index in [9.17, 15) is 14.4 Å². The molecule has 0 atom stereocenters. The van der Waals surface area contributed by atoms with E-state index in [0.717, 1.165) is 35.8 Å². The fraction of sp³-hybridized carbons (Fsp3) is 0.478. The molecule has 3 heterocycles. The van der Waals surface area contributed by atoms with Crippen molar-refractivity contribution in [2.24, 2.45) is 0 Å². The monoisotopic (exact) mass is 439 g/mol. The predicted molar refractivity (Wildman–Crippen MR) is 121 cm³/mol. The van der Waals surface area contributed by atoms with Crippen LogP contribution in [0, 0.1) is 0 Å². The van der Waals surface area contributed by atoms with Gasteiger partial charge >= 0.3 is 5.69 Å². The standard InChI is InChI=1S/C23H29N5O4/c1-32-14-13-26-17-24-21-20(26)22(30)28(16-19(29)25-11-7-2-3-8-12-25)23(31)27(21)15-18-9-5-4-6-10-18/h4-6,9-10,17H,2-3,7-8,11-16H2,1H3. The number of rotatable bonds is 7. The van der Waals surface area contributed by atoms with Crippen LogP contribution in [0.1, 0.15) is 31.2 Å². The number of nitrogens with zero attached hydrogens (tertiary/aromatic N) is 5. The summed E-state index contributed by atoms with van der Waals surface area (Å²) in [6.45, 7) is 2.15. The van der Waals surface area contributed by atoms with Gasteiger partial charge in [0.2, 0.25) is 5.91 Å². The summed E-state index contributed by atoms with van der Waals surface area (Å²) in [6.07, 6.45) is 5.63. The van der Waals surface area contributed by atoms with Crippen molar-refractivity contribution >= 4 is 17.1 Å². The smallest absolute Gasteiger partial charge is 0.333 e. The molecule has 1 aromatic carbocycles. The maximum atomic E-state index is 13.4. The van der Waals surface area contributed by atoms with Gasteiger partial charge in [-0.05, 0) is 18.4 Å². The predicted octanol–water partition coefficient (Wildman–Crippen LogP) is 1.46. The van der Waals surface area contributed by atoms with E-state index < -0.39 is 11.2 Å². The fourth-order valence-corrected chi connectivity index (χ4v) is 4.20. The minimum Gasteiger partial charge on any atom is -0.383 e. The molecule has 2 aromatic heterocycles. The van der Waals surface area contributed by atoms with Crippen molar-refractivity contribution in [3.05, 3.63) is 63.1 Å². The summed E-state index contributed by atoms with van der Waals surface area (Å²) in [5.41, 5.74) is 0.517. The number of likely N-dealkylation sites (tertiary alicyclic amines) is 1. The molecule has 1 aliphatic rings. The molecule has 0 aliphatic carbocycles. The second-order valence-corrected chi connectivity index (χ2v) is 8.14. The highest BCUT2D eigenvalue weighted by molar-refractivity contribution is 5.77. The number of fused-ring (bicyclic) bond motifs is 1. The Labute approximate surface area is 185 Å². The maximum absolute atomic E-state index is 13.4. The third-order valence-electron chi connectivity index (χ3n) is 5.96. The number of carbonyl (C=O) groups excluding carboxylic acids is 1. The van der Waals surface area contributed by atoms with Crippen LogP contribution in [0.25, 0.3) is 11.2 Å². The Hall–Kier alpha value is -3.20. The van der Waals surface area contributed by atoms with Crippen molar-refractivity contribution in [1.29, 1.82) is 0 Å². The zero-order valence-corrected chi connectivity index (χ0v) is 18.4. The molecule has 32 heavy (non-hydrogen) atoms. The van der Waals surface area contributed by atoms with Crippen LogP contribution in [0.2, 0.25) is 0 Å². The molecule has 9 heteroatoms. The highest BCUT2D eigenvalue weighted by atomic mass is 16.5. The molecule has 0 spiro atoms. The van der Waals surface area contributed by atoms with Gasteiger partial charge in [-0.15, -0.1) is 0 Å². The number of carbonyl (C=O) groups is 1. The minimum atomic E-state index is -0.522. The largest absolute Gasteiger partial charge is 0.383 e. The van der Waals surface area contributed by atoms with E-state index in [1.165, 1.54) is 4.57 Å². The summed E-state index contributed by atoms with van der Waals surface area (Å²) in [5.74, 6) is -0.195. The van der Waals surface area contributed by atoms with Crippen molar-refractivity contribution in [3.8, 4) is 0 Å². The van der Waals surface area contributed by atoms with Gasteiger partial charge < -0.3 is 14.2 Å². The summed E-state index contributed by atoms with van der Waals surface area (Å²) >= 11 is 0. The van der Waals surface area contributed by atoms with Gasteiger partial charge in [-0.25, -0.2) is 14.3 Å². The van der Waals surface area contributed by atoms with Gasteiger partial charge in [0.15, 0.2) is 11.2 Å². The van der Waals surface area contributed by atoms with E-state index in [1.807, 2.05) is 30.3 Å². The van der Waals surface area contributed by atoms with E-state index in [0.29, 0.717) is 37.4 Å². The number of imidazole rings is 1. The maximum Gasteiger partial charge on any atom is 0.333 e. The lowest BCUT2D eigenvalue weighted by Gasteiger charge is -2.21. The number of hydrogen-bond acceptors (Lipinski definition) is 5. The first-order valence-corrected chi connectivity index (χ1v) is 11.1. The van der Waals surface area contributed by atoms with Crippen LogP contribution >= 0.6 is 0 Å². The molecule has 4 rings (SSSR count). The number of methoxy groups -OCH3 is 1. The van der Waals surface area contributed by atoms with E-state index in [2.05, 4.69) is 4.98 Å². The average molecular weight is 440 g/mol. The molecular formula is C23H29N5O4. The van der Waals surface area contributed by atoms with E-state index in [4.69, 9.17) is 4.74 Å². The summed E-state index contributed by atoms with van der Waals surface area (Å²) in [5, 5.41) is 0. The van der Waals surface area contributed by atoms with E-state index in [-0.39, 0.29) is 19.0 Å². The highest BCUT2D eigenvalue weighted by Gasteiger charge is 2.22. The molecule has 0 N–H and O–H groups in total. The minimum absolute atomic E-state index is 0.195. The van der Waals surface area contributed by atoms with Crippen LogP contribution in [0.5, 0.6) is 0 Å². The molecule has 0 saturated carbocycles. The first-order valence-electron chi connectivity index (χ1n) is 11.1. The summed E-state index contributed by atoms with van der Waals surface area (Å²) in [4.78, 5) is 45.9. The molecule has 0 unspecified atom stereocenters. The van der Waals surface area contributed by atoms with Gasteiger partial charge in [0.1, 0.15) is 6.54 Å². The molecule has 1 aliphatic heterocycles. The third-order valence-corrected chi connectivity index (χ3v) is 5.96. The van der Waals surface area contributed by atoms with Crippen LogP contribution in [0.4, 0.5) is 0 Å². The lowest BCUT2D eigenvalue weighted by Crippen LogP contribution is -2.45. The Balaban J connectivity index is 1.79. The first kappa shape index (κ1) is 22.0. The second kappa shape index (κ2) is 9.95. The Bertz CT molecular complexity index is 1190. The summed E-state index contributed by atoms with van der Waals surface area (Å²) in [6, 6.07) is 9.53. The number of amides is 1. The van der Waals surface area contributed by atoms with Gasteiger partial charge in [-0.2, -0.15) is 0 Å². The quantitative estimate of drug-likeness (QED) is 0.556. The fourth-order valence-electron chi connectivity index (χ4n) is 4.20. The summed E-state index contributed by atoms with van der Waals surface area (Å²) < 4.78 is 9.38.